The second-order valence-electron chi connectivity index (χ2n) is 4.24. The number of piperidine rings is 1. The van der Waals surface area contributed by atoms with Gasteiger partial charge in [-0.1, -0.05) is 0 Å². The summed E-state index contributed by atoms with van der Waals surface area (Å²) in [5, 5.41) is 4.06. The summed E-state index contributed by atoms with van der Waals surface area (Å²) < 4.78 is 0. The van der Waals surface area contributed by atoms with Crippen molar-refractivity contribution in [2.75, 3.05) is 18.0 Å². The number of amides is 1. The van der Waals surface area contributed by atoms with E-state index in [9.17, 15) is 4.79 Å². The van der Waals surface area contributed by atoms with Gasteiger partial charge in [0.2, 0.25) is 5.91 Å². The zero-order valence-electron chi connectivity index (χ0n) is 9.69. The van der Waals surface area contributed by atoms with Crippen LogP contribution in [-0.4, -0.2) is 30.0 Å². The molecule has 0 aromatic carbocycles. The average Bonchev–Trinajstić information content (AvgIpc) is 2.64. The molecule has 5 heteroatoms. The number of rotatable bonds is 2. The van der Waals surface area contributed by atoms with Gasteiger partial charge in [-0.2, -0.15) is 0 Å². The molecule has 0 spiro atoms. The Hall–Kier alpha value is -1.10. The van der Waals surface area contributed by atoms with E-state index in [1.807, 2.05) is 6.20 Å². The van der Waals surface area contributed by atoms with Crippen LogP contribution in [0.4, 0.5) is 5.13 Å². The van der Waals surface area contributed by atoms with Crippen molar-refractivity contribution in [3.05, 3.63) is 11.1 Å². The number of aromatic nitrogens is 1. The highest BCUT2D eigenvalue weighted by Gasteiger charge is 2.22. The second-order valence-corrected chi connectivity index (χ2v) is 5.45. The minimum atomic E-state index is 0.0576. The summed E-state index contributed by atoms with van der Waals surface area (Å²) in [5.41, 5.74) is 0. The van der Waals surface area contributed by atoms with Crippen LogP contribution in [0.1, 0.15) is 24.6 Å². The number of anilines is 1. The van der Waals surface area contributed by atoms with Crippen LogP contribution in [0, 0.1) is 6.92 Å². The Kier molecular flexibility index (Phi) is 3.43. The van der Waals surface area contributed by atoms with Gasteiger partial charge in [0.25, 0.3) is 0 Å². The van der Waals surface area contributed by atoms with Gasteiger partial charge < -0.3 is 10.2 Å². The average molecular weight is 239 g/mol. The molecular weight excluding hydrogens is 222 g/mol. The van der Waals surface area contributed by atoms with Crippen LogP contribution < -0.4 is 10.2 Å². The number of hydrogen-bond donors (Lipinski definition) is 1. The highest BCUT2D eigenvalue weighted by molar-refractivity contribution is 7.15. The molecule has 0 aliphatic carbocycles. The molecule has 1 atom stereocenters. The third-order valence-electron chi connectivity index (χ3n) is 2.71. The number of aryl methyl sites for hydroxylation is 1. The predicted octanol–water partition coefficient (Wildman–Crippen LogP) is 1.56. The Bertz CT molecular complexity index is 377. The fraction of sp³-hybridized carbons (Fsp3) is 0.636. The van der Waals surface area contributed by atoms with Gasteiger partial charge in [-0.15, -0.1) is 11.3 Å². The molecule has 16 heavy (non-hydrogen) atoms. The number of carbonyl (C=O) groups is 1. The monoisotopic (exact) mass is 239 g/mol. The van der Waals surface area contributed by atoms with E-state index in [1.54, 1.807) is 18.3 Å². The minimum Gasteiger partial charge on any atom is -0.352 e. The molecule has 1 saturated heterocycles. The molecule has 1 unspecified atom stereocenters. The molecule has 1 aliphatic rings. The standard InChI is InChI=1S/C11H17N3OS/c1-8-6-12-11(16-8)14-5-3-4-10(7-14)13-9(2)15/h6,10H,3-5,7H2,1-2H3,(H,13,15). The van der Waals surface area contributed by atoms with E-state index < -0.39 is 0 Å². The third kappa shape index (κ3) is 2.72. The maximum Gasteiger partial charge on any atom is 0.217 e. The van der Waals surface area contributed by atoms with E-state index in [-0.39, 0.29) is 11.9 Å². The third-order valence-corrected chi connectivity index (χ3v) is 3.68. The molecule has 88 valence electrons. The lowest BCUT2D eigenvalue weighted by molar-refractivity contribution is -0.119. The van der Waals surface area contributed by atoms with Crippen molar-refractivity contribution in [1.29, 1.82) is 0 Å². The van der Waals surface area contributed by atoms with Crippen molar-refractivity contribution >= 4 is 22.4 Å². The summed E-state index contributed by atoms with van der Waals surface area (Å²) in [5.74, 6) is 0.0576. The van der Waals surface area contributed by atoms with E-state index in [2.05, 4.69) is 22.1 Å². The van der Waals surface area contributed by atoms with Crippen molar-refractivity contribution < 1.29 is 4.79 Å². The SMILES string of the molecule is CC(=O)NC1CCCN(c2ncc(C)s2)C1. The molecule has 0 radical (unpaired) electrons. The van der Waals surface area contributed by atoms with Gasteiger partial charge in [-0.3, -0.25) is 4.79 Å². The second kappa shape index (κ2) is 4.82. The summed E-state index contributed by atoms with van der Waals surface area (Å²) in [6.45, 7) is 5.57. The number of hydrogen-bond acceptors (Lipinski definition) is 4. The number of thiazole rings is 1. The van der Waals surface area contributed by atoms with E-state index >= 15 is 0 Å². The van der Waals surface area contributed by atoms with Crippen molar-refractivity contribution in [3.8, 4) is 0 Å². The van der Waals surface area contributed by atoms with Gasteiger partial charge in [0.05, 0.1) is 0 Å². The van der Waals surface area contributed by atoms with Crippen LogP contribution in [0.25, 0.3) is 0 Å². The van der Waals surface area contributed by atoms with Gasteiger partial charge in [0.15, 0.2) is 5.13 Å². The van der Waals surface area contributed by atoms with Crippen molar-refractivity contribution in [1.82, 2.24) is 10.3 Å². The molecule has 1 fully saturated rings. The van der Waals surface area contributed by atoms with Crippen molar-refractivity contribution in [2.24, 2.45) is 0 Å². The summed E-state index contributed by atoms with van der Waals surface area (Å²) in [4.78, 5) is 18.9. The van der Waals surface area contributed by atoms with Gasteiger partial charge in [0.1, 0.15) is 0 Å². The van der Waals surface area contributed by atoms with Crippen LogP contribution in [0.15, 0.2) is 6.20 Å². The van der Waals surface area contributed by atoms with E-state index in [0.717, 1.165) is 31.1 Å². The molecule has 1 N–H and O–H groups in total. The Labute approximate surface area is 99.7 Å². The van der Waals surface area contributed by atoms with Gasteiger partial charge in [-0.05, 0) is 19.8 Å². The van der Waals surface area contributed by atoms with Crippen LogP contribution in [0.5, 0.6) is 0 Å². The number of nitrogens with zero attached hydrogens (tertiary/aromatic N) is 2. The molecule has 1 aliphatic heterocycles. The summed E-state index contributed by atoms with van der Waals surface area (Å²) in [6.07, 6.45) is 4.09. The highest BCUT2D eigenvalue weighted by atomic mass is 32.1. The molecule has 1 aromatic rings. The number of nitrogens with one attached hydrogen (secondary N) is 1. The van der Waals surface area contributed by atoms with Crippen LogP contribution in [0.2, 0.25) is 0 Å². The molecule has 0 saturated carbocycles. The van der Waals surface area contributed by atoms with Gasteiger partial charge in [0, 0.05) is 37.1 Å². The van der Waals surface area contributed by atoms with Crippen molar-refractivity contribution in [3.63, 3.8) is 0 Å². The highest BCUT2D eigenvalue weighted by Crippen LogP contribution is 2.24. The molecule has 2 heterocycles. The lowest BCUT2D eigenvalue weighted by atomic mass is 10.1. The zero-order chi connectivity index (χ0) is 11.5. The lowest BCUT2D eigenvalue weighted by Crippen LogP contribution is -2.47. The molecule has 1 aromatic heterocycles. The fourth-order valence-corrected chi connectivity index (χ4v) is 2.84. The van der Waals surface area contributed by atoms with Gasteiger partial charge in [-0.25, -0.2) is 4.98 Å². The lowest BCUT2D eigenvalue weighted by Gasteiger charge is -2.32. The fourth-order valence-electron chi connectivity index (χ4n) is 2.05. The molecule has 0 bridgehead atoms. The first-order valence-electron chi connectivity index (χ1n) is 5.59. The van der Waals surface area contributed by atoms with Crippen LogP contribution in [0.3, 0.4) is 0 Å². The van der Waals surface area contributed by atoms with Crippen LogP contribution in [-0.2, 0) is 4.79 Å². The first-order chi connectivity index (χ1) is 7.65. The summed E-state index contributed by atoms with van der Waals surface area (Å²) >= 11 is 1.72. The maximum atomic E-state index is 11.0. The maximum absolute atomic E-state index is 11.0. The largest absolute Gasteiger partial charge is 0.352 e. The van der Waals surface area contributed by atoms with Crippen molar-refractivity contribution in [2.45, 2.75) is 32.7 Å². The quantitative estimate of drug-likeness (QED) is 0.852. The zero-order valence-corrected chi connectivity index (χ0v) is 10.5. The summed E-state index contributed by atoms with van der Waals surface area (Å²) in [7, 11) is 0. The first kappa shape index (κ1) is 11.4. The molecule has 1 amide bonds. The Morgan fingerprint density at radius 3 is 3.12 bits per heavy atom. The predicted molar refractivity (Wildman–Crippen MR) is 65.9 cm³/mol. The normalized spacial score (nSPS) is 20.9. The smallest absolute Gasteiger partial charge is 0.217 e. The minimum absolute atomic E-state index is 0.0576. The molecular formula is C11H17N3OS. The summed E-state index contributed by atoms with van der Waals surface area (Å²) in [6, 6.07) is 0.274. The van der Waals surface area contributed by atoms with E-state index in [1.165, 1.54) is 4.88 Å². The van der Waals surface area contributed by atoms with Gasteiger partial charge >= 0.3 is 0 Å². The molecule has 2 rings (SSSR count). The molecule has 4 nitrogen and oxygen atoms in total. The Morgan fingerprint density at radius 2 is 2.50 bits per heavy atom. The topological polar surface area (TPSA) is 45.2 Å². The van der Waals surface area contributed by atoms with E-state index in [4.69, 9.17) is 0 Å². The first-order valence-corrected chi connectivity index (χ1v) is 6.41. The Morgan fingerprint density at radius 1 is 1.69 bits per heavy atom. The Balaban J connectivity index is 1.99. The van der Waals surface area contributed by atoms with E-state index in [0.29, 0.717) is 0 Å². The van der Waals surface area contributed by atoms with Crippen LogP contribution >= 0.6 is 11.3 Å². The number of carbonyl (C=O) groups excluding carboxylic acids is 1.